The van der Waals surface area contributed by atoms with Crippen LogP contribution < -0.4 is 0 Å². The van der Waals surface area contributed by atoms with Gasteiger partial charge >= 0.3 is 0 Å². The molecule has 0 saturated heterocycles. The lowest BCUT2D eigenvalue weighted by Crippen LogP contribution is -2.63. The second-order valence-corrected chi connectivity index (χ2v) is 10.5. The second-order valence-electron chi connectivity index (χ2n) is 10.5. The summed E-state index contributed by atoms with van der Waals surface area (Å²) >= 11 is 0. The Morgan fingerprint density at radius 3 is 2.66 bits per heavy atom. The largest absolute Gasteiger partial charge is 0.376 e. The SMILES string of the molecule is CC1(COCc2ccccc2)CCCC2(C)C1CCC1CC(=O)C3C=CC12C3=O. The van der Waals surface area contributed by atoms with Crippen LogP contribution >= 0.6 is 0 Å². The Kier molecular flexibility index (Phi) is 4.40. The molecule has 3 fully saturated rings. The van der Waals surface area contributed by atoms with Crippen molar-refractivity contribution in [2.75, 3.05) is 6.61 Å². The van der Waals surface area contributed by atoms with Crippen LogP contribution in [0.5, 0.6) is 0 Å². The lowest BCUT2D eigenvalue weighted by atomic mass is 9.38. The normalized spacial score (nSPS) is 43.2. The molecule has 0 N–H and O–H groups in total. The number of rotatable bonds is 4. The van der Waals surface area contributed by atoms with E-state index in [0.29, 0.717) is 18.9 Å². The molecule has 0 aliphatic heterocycles. The summed E-state index contributed by atoms with van der Waals surface area (Å²) in [6.45, 7) is 6.12. The van der Waals surface area contributed by atoms with Gasteiger partial charge in [-0.05, 0) is 53.9 Å². The second kappa shape index (κ2) is 6.63. The molecule has 29 heavy (non-hydrogen) atoms. The minimum absolute atomic E-state index is 0.0674. The van der Waals surface area contributed by atoms with Gasteiger partial charge < -0.3 is 4.74 Å². The van der Waals surface area contributed by atoms with Gasteiger partial charge in [-0.25, -0.2) is 0 Å². The Balaban J connectivity index is 1.42. The summed E-state index contributed by atoms with van der Waals surface area (Å²) < 4.78 is 6.26. The van der Waals surface area contributed by atoms with Crippen molar-refractivity contribution in [1.82, 2.24) is 0 Å². The van der Waals surface area contributed by atoms with E-state index in [4.69, 9.17) is 4.74 Å². The van der Waals surface area contributed by atoms with Crippen LogP contribution in [-0.2, 0) is 20.9 Å². The van der Waals surface area contributed by atoms with Crippen LogP contribution in [0.15, 0.2) is 42.5 Å². The Labute approximate surface area is 173 Å². The molecular weight excluding hydrogens is 360 g/mol. The zero-order valence-electron chi connectivity index (χ0n) is 17.7. The molecule has 3 saturated carbocycles. The number of carbonyl (C=O) groups is 2. The molecule has 0 amide bonds. The van der Waals surface area contributed by atoms with Gasteiger partial charge in [-0.2, -0.15) is 0 Å². The summed E-state index contributed by atoms with van der Waals surface area (Å²) in [5, 5.41) is 0. The highest BCUT2D eigenvalue weighted by atomic mass is 16.5. The summed E-state index contributed by atoms with van der Waals surface area (Å²) in [6.07, 6.45) is 10.2. The lowest BCUT2D eigenvalue weighted by molar-refractivity contribution is -0.181. The predicted molar refractivity (Wildman–Crippen MR) is 112 cm³/mol. The van der Waals surface area contributed by atoms with E-state index in [1.807, 2.05) is 12.1 Å². The van der Waals surface area contributed by atoms with Crippen LogP contribution in [0.3, 0.4) is 0 Å². The standard InChI is InChI=1S/C26H32O3/c1-24(17-29-16-18-7-4-3-5-8-18)12-6-13-25(2)22(24)10-9-19-15-21(27)20-11-14-26(19,25)23(20)28/h3-5,7-8,11,14,19-20,22H,6,9-10,12-13,15-17H2,1-2H3. The van der Waals surface area contributed by atoms with Crippen LogP contribution in [0.25, 0.3) is 0 Å². The monoisotopic (exact) mass is 392 g/mol. The number of carbonyl (C=O) groups excluding carboxylic acids is 2. The molecule has 154 valence electrons. The van der Waals surface area contributed by atoms with Crippen molar-refractivity contribution in [3.05, 3.63) is 48.0 Å². The smallest absolute Gasteiger partial charge is 0.157 e. The molecule has 3 heteroatoms. The van der Waals surface area contributed by atoms with Gasteiger partial charge in [-0.1, -0.05) is 62.8 Å². The number of hydrogen-bond donors (Lipinski definition) is 0. The molecular formula is C26H32O3. The topological polar surface area (TPSA) is 43.4 Å². The maximum Gasteiger partial charge on any atom is 0.157 e. The van der Waals surface area contributed by atoms with E-state index in [1.54, 1.807) is 0 Å². The first-order chi connectivity index (χ1) is 13.9. The lowest BCUT2D eigenvalue weighted by Gasteiger charge is -2.64. The molecule has 5 rings (SSSR count). The fourth-order valence-electron chi connectivity index (χ4n) is 7.72. The molecule has 4 aliphatic carbocycles. The molecule has 4 aliphatic rings. The minimum atomic E-state index is -0.468. The van der Waals surface area contributed by atoms with Crippen molar-refractivity contribution in [2.24, 2.45) is 34.0 Å². The van der Waals surface area contributed by atoms with Crippen molar-refractivity contribution in [1.29, 1.82) is 0 Å². The van der Waals surface area contributed by atoms with Crippen LogP contribution in [0.4, 0.5) is 0 Å². The Morgan fingerprint density at radius 2 is 1.86 bits per heavy atom. The first-order valence-corrected chi connectivity index (χ1v) is 11.3. The number of Topliss-reactive ketones (excluding diaryl/α,β-unsaturated/α-hetero) is 2. The van der Waals surface area contributed by atoms with Gasteiger partial charge in [0.15, 0.2) is 5.78 Å². The Hall–Kier alpha value is -1.74. The Morgan fingerprint density at radius 1 is 1.07 bits per heavy atom. The van der Waals surface area contributed by atoms with E-state index in [2.05, 4.69) is 44.2 Å². The summed E-state index contributed by atoms with van der Waals surface area (Å²) in [6, 6.07) is 10.4. The number of allylic oxidation sites excluding steroid dienone is 2. The molecule has 0 radical (unpaired) electrons. The van der Waals surface area contributed by atoms with E-state index in [9.17, 15) is 9.59 Å². The van der Waals surface area contributed by atoms with Gasteiger partial charge in [0, 0.05) is 6.42 Å². The number of ether oxygens (including phenoxy) is 1. The van der Waals surface area contributed by atoms with Gasteiger partial charge in [-0.15, -0.1) is 0 Å². The zero-order valence-corrected chi connectivity index (χ0v) is 17.7. The average molecular weight is 393 g/mol. The maximum atomic E-state index is 13.5. The molecule has 0 heterocycles. The highest BCUT2D eigenvalue weighted by Crippen LogP contribution is 2.70. The van der Waals surface area contributed by atoms with Crippen LogP contribution in [-0.4, -0.2) is 18.2 Å². The number of ketones is 2. The highest BCUT2D eigenvalue weighted by molar-refractivity contribution is 6.12. The van der Waals surface area contributed by atoms with Crippen LogP contribution in [0, 0.1) is 34.0 Å². The third kappa shape index (κ3) is 2.59. The van der Waals surface area contributed by atoms with Crippen LogP contribution in [0.2, 0.25) is 0 Å². The average Bonchev–Trinajstić information content (AvgIpc) is 2.95. The Bertz CT molecular complexity index is 858. The summed E-state index contributed by atoms with van der Waals surface area (Å²) in [4.78, 5) is 26.0. The van der Waals surface area contributed by atoms with Crippen LogP contribution in [0.1, 0.15) is 57.9 Å². The molecule has 0 aromatic heterocycles. The van der Waals surface area contributed by atoms with Crippen molar-refractivity contribution >= 4 is 11.6 Å². The maximum absolute atomic E-state index is 13.5. The number of benzene rings is 1. The first kappa shape index (κ1) is 19.2. The van der Waals surface area contributed by atoms with E-state index >= 15 is 0 Å². The molecule has 1 aromatic carbocycles. The minimum Gasteiger partial charge on any atom is -0.376 e. The van der Waals surface area contributed by atoms with Gasteiger partial charge in [0.05, 0.1) is 24.5 Å². The van der Waals surface area contributed by atoms with Crippen molar-refractivity contribution in [2.45, 2.75) is 59.0 Å². The van der Waals surface area contributed by atoms with E-state index in [0.717, 1.165) is 38.7 Å². The van der Waals surface area contributed by atoms with Gasteiger partial charge in [0.25, 0.3) is 0 Å². The van der Waals surface area contributed by atoms with Gasteiger partial charge in [0.2, 0.25) is 0 Å². The predicted octanol–water partition coefficient (Wildman–Crippen LogP) is 5.14. The van der Waals surface area contributed by atoms with Crippen molar-refractivity contribution in [3.8, 4) is 0 Å². The van der Waals surface area contributed by atoms with Crippen molar-refractivity contribution < 1.29 is 14.3 Å². The molecule has 2 bridgehead atoms. The molecule has 6 atom stereocenters. The summed E-state index contributed by atoms with van der Waals surface area (Å²) in [5.41, 5.74) is 0.798. The highest BCUT2D eigenvalue weighted by Gasteiger charge is 2.69. The fraction of sp³-hybridized carbons (Fsp3) is 0.615. The number of hydrogen-bond acceptors (Lipinski definition) is 3. The molecule has 6 unspecified atom stereocenters. The zero-order chi connectivity index (χ0) is 20.3. The third-order valence-corrected chi connectivity index (χ3v) is 9.03. The van der Waals surface area contributed by atoms with Gasteiger partial charge in [-0.3, -0.25) is 9.59 Å². The molecule has 1 spiro atoms. The van der Waals surface area contributed by atoms with E-state index in [-0.39, 0.29) is 28.3 Å². The van der Waals surface area contributed by atoms with E-state index < -0.39 is 11.3 Å². The number of fused-ring (bicyclic) bond motifs is 2. The molecule has 3 nitrogen and oxygen atoms in total. The van der Waals surface area contributed by atoms with E-state index in [1.165, 1.54) is 5.56 Å². The molecule has 1 aromatic rings. The van der Waals surface area contributed by atoms with Gasteiger partial charge in [0.1, 0.15) is 5.78 Å². The third-order valence-electron chi connectivity index (χ3n) is 9.03. The summed E-state index contributed by atoms with van der Waals surface area (Å²) in [5.74, 6) is 0.545. The first-order valence-electron chi connectivity index (χ1n) is 11.3. The van der Waals surface area contributed by atoms with Crippen molar-refractivity contribution in [3.63, 3.8) is 0 Å². The quantitative estimate of drug-likeness (QED) is 0.526. The fourth-order valence-corrected chi connectivity index (χ4v) is 7.72. The summed E-state index contributed by atoms with van der Waals surface area (Å²) in [7, 11) is 0.